The van der Waals surface area contributed by atoms with E-state index in [1.54, 1.807) is 16.8 Å². The summed E-state index contributed by atoms with van der Waals surface area (Å²) in [6.07, 6.45) is 1.78. The molecular formula is C14H24N4O. The molecule has 0 radical (unpaired) electrons. The van der Waals surface area contributed by atoms with Crippen molar-refractivity contribution >= 4 is 11.6 Å². The molecule has 2 N–H and O–H groups in total. The molecule has 0 bridgehead atoms. The number of rotatable bonds is 3. The summed E-state index contributed by atoms with van der Waals surface area (Å²) < 4.78 is 1.80. The van der Waals surface area contributed by atoms with E-state index in [0.717, 1.165) is 32.7 Å². The number of carbonyl (C=O) groups excluding carboxylic acids is 1. The van der Waals surface area contributed by atoms with Gasteiger partial charge in [0, 0.05) is 46.0 Å². The van der Waals surface area contributed by atoms with Gasteiger partial charge < -0.3 is 15.2 Å². The molecule has 19 heavy (non-hydrogen) atoms. The van der Waals surface area contributed by atoms with E-state index in [1.807, 2.05) is 11.9 Å². The van der Waals surface area contributed by atoms with E-state index < -0.39 is 0 Å². The molecule has 0 saturated carbocycles. The molecule has 0 unspecified atom stereocenters. The fraction of sp³-hybridized carbons (Fsp3) is 0.643. The standard InChI is InChI=1S/C14H24N4O/c1-11(2)9-17-4-6-18(7-5-17)14(19)13-8-12(15)10-16(13)3/h8,10-11H,4-7,9,15H2,1-3H3. The molecule has 0 aliphatic carbocycles. The fourth-order valence-corrected chi connectivity index (χ4v) is 2.61. The van der Waals surface area contributed by atoms with Gasteiger partial charge >= 0.3 is 0 Å². The van der Waals surface area contributed by atoms with Crippen LogP contribution in [0.3, 0.4) is 0 Å². The number of aromatic nitrogens is 1. The van der Waals surface area contributed by atoms with Gasteiger partial charge in [-0.3, -0.25) is 9.69 Å². The van der Waals surface area contributed by atoms with E-state index in [9.17, 15) is 4.79 Å². The Morgan fingerprint density at radius 1 is 1.32 bits per heavy atom. The van der Waals surface area contributed by atoms with Crippen molar-refractivity contribution < 1.29 is 4.79 Å². The Labute approximate surface area is 115 Å². The molecule has 1 saturated heterocycles. The number of nitrogen functional groups attached to an aromatic ring is 1. The molecule has 1 aliphatic heterocycles. The first-order valence-electron chi connectivity index (χ1n) is 6.91. The molecule has 2 heterocycles. The maximum absolute atomic E-state index is 12.4. The lowest BCUT2D eigenvalue weighted by Gasteiger charge is -2.35. The van der Waals surface area contributed by atoms with Crippen LogP contribution < -0.4 is 5.73 Å². The van der Waals surface area contributed by atoms with E-state index in [1.165, 1.54) is 0 Å². The first kappa shape index (κ1) is 13.9. The van der Waals surface area contributed by atoms with E-state index in [4.69, 9.17) is 5.73 Å². The minimum absolute atomic E-state index is 0.0865. The highest BCUT2D eigenvalue weighted by molar-refractivity contribution is 5.93. The van der Waals surface area contributed by atoms with Crippen molar-refractivity contribution in [3.8, 4) is 0 Å². The zero-order chi connectivity index (χ0) is 14.0. The van der Waals surface area contributed by atoms with Crippen molar-refractivity contribution in [3.05, 3.63) is 18.0 Å². The van der Waals surface area contributed by atoms with Crippen LogP contribution in [-0.4, -0.2) is 53.0 Å². The van der Waals surface area contributed by atoms with Crippen molar-refractivity contribution in [1.29, 1.82) is 0 Å². The predicted octanol–water partition coefficient (Wildman–Crippen LogP) is 1.02. The van der Waals surface area contributed by atoms with Crippen LogP contribution >= 0.6 is 0 Å². The molecule has 5 nitrogen and oxygen atoms in total. The highest BCUT2D eigenvalue weighted by atomic mass is 16.2. The molecule has 0 aromatic carbocycles. The monoisotopic (exact) mass is 264 g/mol. The van der Waals surface area contributed by atoms with Crippen molar-refractivity contribution in [2.75, 3.05) is 38.5 Å². The third-order valence-electron chi connectivity index (χ3n) is 3.53. The van der Waals surface area contributed by atoms with Crippen molar-refractivity contribution in [3.63, 3.8) is 0 Å². The van der Waals surface area contributed by atoms with Gasteiger partial charge in [0.25, 0.3) is 5.91 Å². The van der Waals surface area contributed by atoms with Crippen LogP contribution in [0.25, 0.3) is 0 Å². The summed E-state index contributed by atoms with van der Waals surface area (Å²) in [4.78, 5) is 16.7. The van der Waals surface area contributed by atoms with Gasteiger partial charge in [0.2, 0.25) is 0 Å². The van der Waals surface area contributed by atoms with Crippen LogP contribution in [0, 0.1) is 5.92 Å². The predicted molar refractivity (Wildman–Crippen MR) is 77.0 cm³/mol. The first-order valence-corrected chi connectivity index (χ1v) is 6.91. The number of carbonyl (C=O) groups is 1. The van der Waals surface area contributed by atoms with Crippen LogP contribution in [0.15, 0.2) is 12.3 Å². The van der Waals surface area contributed by atoms with Gasteiger partial charge in [0.15, 0.2) is 0 Å². The quantitative estimate of drug-likeness (QED) is 0.887. The van der Waals surface area contributed by atoms with Gasteiger partial charge in [-0.1, -0.05) is 13.8 Å². The second kappa shape index (κ2) is 5.65. The van der Waals surface area contributed by atoms with Crippen LogP contribution in [0.4, 0.5) is 5.69 Å². The molecule has 1 aromatic heterocycles. The van der Waals surface area contributed by atoms with E-state index >= 15 is 0 Å². The molecule has 106 valence electrons. The largest absolute Gasteiger partial charge is 0.397 e. The van der Waals surface area contributed by atoms with Crippen LogP contribution in [0.2, 0.25) is 0 Å². The molecule has 1 amide bonds. The topological polar surface area (TPSA) is 54.5 Å². The molecule has 0 spiro atoms. The van der Waals surface area contributed by atoms with Crippen LogP contribution in [-0.2, 0) is 7.05 Å². The van der Waals surface area contributed by atoms with Crippen molar-refractivity contribution in [1.82, 2.24) is 14.4 Å². The maximum atomic E-state index is 12.4. The minimum Gasteiger partial charge on any atom is -0.397 e. The maximum Gasteiger partial charge on any atom is 0.270 e. The van der Waals surface area contributed by atoms with Gasteiger partial charge in [0.1, 0.15) is 5.69 Å². The Bertz CT molecular complexity index is 444. The lowest BCUT2D eigenvalue weighted by molar-refractivity contribution is 0.0614. The van der Waals surface area contributed by atoms with Gasteiger partial charge in [-0.2, -0.15) is 0 Å². The summed E-state index contributed by atoms with van der Waals surface area (Å²) >= 11 is 0. The summed E-state index contributed by atoms with van der Waals surface area (Å²) in [7, 11) is 1.86. The average molecular weight is 264 g/mol. The normalized spacial score (nSPS) is 17.2. The Hall–Kier alpha value is -1.49. The molecule has 1 aromatic rings. The van der Waals surface area contributed by atoms with Gasteiger partial charge in [0.05, 0.1) is 5.69 Å². The Balaban J connectivity index is 1.94. The number of nitrogens with zero attached hydrogens (tertiary/aromatic N) is 3. The molecule has 1 fully saturated rings. The molecule has 0 atom stereocenters. The summed E-state index contributed by atoms with van der Waals surface area (Å²) in [6, 6.07) is 1.75. The first-order chi connectivity index (χ1) is 8.97. The third kappa shape index (κ3) is 3.29. The van der Waals surface area contributed by atoms with Gasteiger partial charge in [-0.25, -0.2) is 0 Å². The van der Waals surface area contributed by atoms with E-state index in [2.05, 4.69) is 18.7 Å². The SMILES string of the molecule is CC(C)CN1CCN(C(=O)c2cc(N)cn2C)CC1. The Kier molecular flexibility index (Phi) is 4.14. The molecular weight excluding hydrogens is 240 g/mol. The zero-order valence-corrected chi connectivity index (χ0v) is 12.1. The lowest BCUT2D eigenvalue weighted by Crippen LogP contribution is -2.49. The van der Waals surface area contributed by atoms with Crippen LogP contribution in [0.5, 0.6) is 0 Å². The summed E-state index contributed by atoms with van der Waals surface area (Å²) in [5, 5.41) is 0. The zero-order valence-electron chi connectivity index (χ0n) is 12.1. The highest BCUT2D eigenvalue weighted by Gasteiger charge is 2.24. The Morgan fingerprint density at radius 2 is 1.95 bits per heavy atom. The minimum atomic E-state index is 0.0865. The fourth-order valence-electron chi connectivity index (χ4n) is 2.61. The number of hydrogen-bond acceptors (Lipinski definition) is 3. The van der Waals surface area contributed by atoms with E-state index in [0.29, 0.717) is 17.3 Å². The number of anilines is 1. The van der Waals surface area contributed by atoms with Crippen molar-refractivity contribution in [2.24, 2.45) is 13.0 Å². The Morgan fingerprint density at radius 3 is 2.42 bits per heavy atom. The second-order valence-corrected chi connectivity index (χ2v) is 5.76. The van der Waals surface area contributed by atoms with Crippen molar-refractivity contribution in [2.45, 2.75) is 13.8 Å². The number of hydrogen-bond donors (Lipinski definition) is 1. The number of piperazine rings is 1. The average Bonchev–Trinajstić information content (AvgIpc) is 2.68. The van der Waals surface area contributed by atoms with E-state index in [-0.39, 0.29) is 5.91 Å². The summed E-state index contributed by atoms with van der Waals surface area (Å²) in [5.41, 5.74) is 7.04. The highest BCUT2D eigenvalue weighted by Crippen LogP contribution is 2.13. The number of amides is 1. The lowest BCUT2D eigenvalue weighted by atomic mass is 10.2. The number of aryl methyl sites for hydroxylation is 1. The summed E-state index contributed by atoms with van der Waals surface area (Å²) in [6.45, 7) is 9.09. The third-order valence-corrected chi connectivity index (χ3v) is 3.53. The smallest absolute Gasteiger partial charge is 0.270 e. The van der Waals surface area contributed by atoms with Crippen LogP contribution in [0.1, 0.15) is 24.3 Å². The number of nitrogens with two attached hydrogens (primary N) is 1. The molecule has 2 rings (SSSR count). The van der Waals surface area contributed by atoms with Gasteiger partial charge in [-0.05, 0) is 12.0 Å². The molecule has 1 aliphatic rings. The van der Waals surface area contributed by atoms with Gasteiger partial charge in [-0.15, -0.1) is 0 Å². The summed E-state index contributed by atoms with van der Waals surface area (Å²) in [5.74, 6) is 0.762. The second-order valence-electron chi connectivity index (χ2n) is 5.76. The molecule has 5 heteroatoms.